The average molecular weight is 725 g/mol. The number of benzene rings is 1. The maximum atomic E-state index is 14.4. The van der Waals surface area contributed by atoms with Crippen LogP contribution in [0.15, 0.2) is 36.9 Å². The normalized spacial score (nSPS) is 28.1. The van der Waals surface area contributed by atoms with E-state index in [4.69, 9.17) is 9.47 Å². The Morgan fingerprint density at radius 3 is 2.53 bits per heavy atom. The Morgan fingerprint density at radius 1 is 1.10 bits per heavy atom. The minimum atomic E-state index is -3.90. The van der Waals surface area contributed by atoms with Crippen molar-refractivity contribution in [2.45, 2.75) is 108 Å². The fraction of sp³-hybridized carbons (Fsp3) is 0.595. The van der Waals surface area contributed by atoms with E-state index in [1.807, 2.05) is 39.0 Å². The number of H-pyrrole nitrogens is 1. The molecule has 6 rings (SSSR count). The van der Waals surface area contributed by atoms with Gasteiger partial charge >= 0.3 is 11.9 Å². The van der Waals surface area contributed by atoms with Crippen LogP contribution in [0.25, 0.3) is 10.9 Å². The summed E-state index contributed by atoms with van der Waals surface area (Å²) in [7, 11) is -3.90. The number of aromatic amines is 1. The van der Waals surface area contributed by atoms with Gasteiger partial charge in [0.15, 0.2) is 0 Å². The van der Waals surface area contributed by atoms with Gasteiger partial charge in [-0.2, -0.15) is 0 Å². The number of hydrogen-bond donors (Lipinski definition) is 3. The van der Waals surface area contributed by atoms with Gasteiger partial charge in [0.1, 0.15) is 23.4 Å². The first-order valence-corrected chi connectivity index (χ1v) is 19.5. The Balaban J connectivity index is 1.29. The van der Waals surface area contributed by atoms with Gasteiger partial charge in [0, 0.05) is 23.2 Å². The lowest BCUT2D eigenvalue weighted by Gasteiger charge is -2.34. The van der Waals surface area contributed by atoms with Crippen molar-refractivity contribution < 1.29 is 41.9 Å². The van der Waals surface area contributed by atoms with E-state index in [0.29, 0.717) is 19.3 Å². The zero-order valence-electron chi connectivity index (χ0n) is 29.5. The molecule has 1 saturated heterocycles. The Morgan fingerprint density at radius 2 is 1.84 bits per heavy atom. The molecule has 4 aliphatic rings. The number of carbonyl (C=O) groups excluding carboxylic acids is 5. The number of amides is 3. The Bertz CT molecular complexity index is 1840. The number of carbonyl (C=O) groups is 5. The third-order valence-corrected chi connectivity index (χ3v) is 12.5. The summed E-state index contributed by atoms with van der Waals surface area (Å²) in [5, 5.41) is 3.02. The minimum Gasteiger partial charge on any atom is -0.466 e. The van der Waals surface area contributed by atoms with Crippen LogP contribution < -0.4 is 10.0 Å². The number of sulfonamides is 1. The summed E-state index contributed by atoms with van der Waals surface area (Å²) in [4.78, 5) is 73.0. The van der Waals surface area contributed by atoms with E-state index in [0.717, 1.165) is 42.1 Å². The highest BCUT2D eigenvalue weighted by molar-refractivity contribution is 7.91. The minimum absolute atomic E-state index is 0.0765. The molecule has 2 aliphatic carbocycles. The summed E-state index contributed by atoms with van der Waals surface area (Å²) in [5.74, 6) is -4.62. The lowest BCUT2D eigenvalue weighted by molar-refractivity contribution is -0.153. The Hall–Kier alpha value is -4.20. The number of esters is 2. The largest absolute Gasteiger partial charge is 0.466 e. The predicted octanol–water partition coefficient (Wildman–Crippen LogP) is 3.68. The van der Waals surface area contributed by atoms with Gasteiger partial charge < -0.3 is 24.7 Å². The highest BCUT2D eigenvalue weighted by atomic mass is 32.2. The van der Waals surface area contributed by atoms with Crippen molar-refractivity contribution in [1.82, 2.24) is 19.9 Å². The molecule has 51 heavy (non-hydrogen) atoms. The molecule has 2 aliphatic heterocycles. The van der Waals surface area contributed by atoms with Crippen molar-refractivity contribution in [2.75, 3.05) is 13.2 Å². The van der Waals surface area contributed by atoms with E-state index in [1.54, 1.807) is 6.07 Å². The zero-order chi connectivity index (χ0) is 36.7. The summed E-state index contributed by atoms with van der Waals surface area (Å²) in [6.45, 7) is 9.33. The van der Waals surface area contributed by atoms with Gasteiger partial charge in [0.2, 0.25) is 21.8 Å². The average Bonchev–Trinajstić information content (AvgIpc) is 3.96. The summed E-state index contributed by atoms with van der Waals surface area (Å²) < 4.78 is 38.9. The summed E-state index contributed by atoms with van der Waals surface area (Å²) in [5.41, 5.74) is -0.157. The standard InChI is InChI=1S/C37H48N4O9S/c1-5-23-20-37(23,35(46)40-51(47,48)25-14-15-25)39-32(43)30-17-24-21-41(30)33(44)27(36(2,3)4)19-31(42)49-16-9-7-6-8-11-22-12-10-13-28-26(22)18-29(38-28)34(45)50-24/h5,10,12-13,18,23-25,27,30,38H,1,6-9,11,14-17,19-21H2,2-4H3,(H,39,43)(H,40,46)/t23-,24-,27-,30+,37-/m1/s1. The predicted molar refractivity (Wildman–Crippen MR) is 188 cm³/mol. The number of rotatable bonds is 6. The molecule has 3 heterocycles. The van der Waals surface area contributed by atoms with Crippen LogP contribution in [0.2, 0.25) is 0 Å². The molecule has 3 amide bonds. The monoisotopic (exact) mass is 724 g/mol. The number of nitrogens with zero attached hydrogens (tertiary/aromatic N) is 1. The molecule has 5 atom stereocenters. The number of nitrogens with one attached hydrogen (secondary N) is 3. The van der Waals surface area contributed by atoms with Crippen LogP contribution in [0.5, 0.6) is 0 Å². The van der Waals surface area contributed by atoms with Gasteiger partial charge in [-0.1, -0.05) is 51.8 Å². The first kappa shape index (κ1) is 36.6. The molecule has 13 nitrogen and oxygen atoms in total. The highest BCUT2D eigenvalue weighted by Crippen LogP contribution is 2.46. The molecule has 2 saturated carbocycles. The van der Waals surface area contributed by atoms with Crippen LogP contribution in [0.3, 0.4) is 0 Å². The molecule has 14 heteroatoms. The maximum absolute atomic E-state index is 14.4. The number of cyclic esters (lactones) is 1. The number of aryl methyl sites for hydroxylation is 1. The van der Waals surface area contributed by atoms with Crippen molar-refractivity contribution in [1.29, 1.82) is 0 Å². The molecule has 4 bridgehead atoms. The third-order valence-electron chi connectivity index (χ3n) is 10.7. The van der Waals surface area contributed by atoms with Crippen LogP contribution >= 0.6 is 0 Å². The molecule has 0 radical (unpaired) electrons. The molecule has 1 aromatic heterocycles. The quantitative estimate of drug-likeness (QED) is 0.296. The lowest BCUT2D eigenvalue weighted by atomic mass is 9.77. The SMILES string of the molecule is C=C[C@@H]1C[C@]1(NC(=O)[C@@H]1C[C@@H]2CN1C(=O)[C@H](C(C)(C)C)CC(=O)OCCCCCCc1cccc3[nH]c(cc13)C(=O)O2)C(=O)NS(=O)(=O)C1CC1. The van der Waals surface area contributed by atoms with E-state index >= 15 is 0 Å². The van der Waals surface area contributed by atoms with Crippen LogP contribution in [-0.2, 0) is 45.1 Å². The molecule has 276 valence electrons. The summed E-state index contributed by atoms with van der Waals surface area (Å²) in [6, 6.07) is 6.43. The van der Waals surface area contributed by atoms with Crippen LogP contribution in [-0.4, -0.2) is 84.0 Å². The molecule has 0 spiro atoms. The Labute approximate surface area is 298 Å². The highest BCUT2D eigenvalue weighted by Gasteiger charge is 2.62. The van der Waals surface area contributed by atoms with Crippen molar-refractivity contribution in [3.8, 4) is 0 Å². The first-order valence-electron chi connectivity index (χ1n) is 17.9. The number of ether oxygens (including phenoxy) is 2. The van der Waals surface area contributed by atoms with Gasteiger partial charge in [-0.3, -0.25) is 23.9 Å². The van der Waals surface area contributed by atoms with E-state index in [1.165, 1.54) is 11.0 Å². The fourth-order valence-electron chi connectivity index (χ4n) is 7.30. The molecule has 1 aromatic carbocycles. The molecule has 3 N–H and O–H groups in total. The smallest absolute Gasteiger partial charge is 0.355 e. The second-order valence-corrected chi connectivity index (χ2v) is 17.5. The molecule has 2 aromatic rings. The Kier molecular flexibility index (Phi) is 10.1. The topological polar surface area (TPSA) is 181 Å². The second-order valence-electron chi connectivity index (χ2n) is 15.5. The van der Waals surface area contributed by atoms with Gasteiger partial charge in [-0.25, -0.2) is 13.2 Å². The first-order chi connectivity index (χ1) is 24.1. The van der Waals surface area contributed by atoms with Gasteiger partial charge in [0.25, 0.3) is 5.91 Å². The van der Waals surface area contributed by atoms with Crippen molar-refractivity contribution in [3.63, 3.8) is 0 Å². The van der Waals surface area contributed by atoms with Crippen molar-refractivity contribution in [2.24, 2.45) is 17.3 Å². The third kappa shape index (κ3) is 7.85. The van der Waals surface area contributed by atoms with E-state index in [-0.39, 0.29) is 38.1 Å². The number of hydrogen-bond acceptors (Lipinski definition) is 9. The van der Waals surface area contributed by atoms with Gasteiger partial charge in [-0.15, -0.1) is 6.58 Å². The molecule has 3 fully saturated rings. The van der Waals surface area contributed by atoms with E-state index in [2.05, 4.69) is 21.6 Å². The van der Waals surface area contributed by atoms with E-state index in [9.17, 15) is 32.4 Å². The number of fused-ring (bicyclic) bond motifs is 3. The zero-order valence-corrected chi connectivity index (χ0v) is 30.3. The van der Waals surface area contributed by atoms with Crippen LogP contribution in [0.1, 0.15) is 94.6 Å². The molecular weight excluding hydrogens is 676 g/mol. The summed E-state index contributed by atoms with van der Waals surface area (Å²) in [6.07, 6.45) is 5.56. The molecular formula is C37H48N4O9S. The van der Waals surface area contributed by atoms with Crippen LogP contribution in [0.4, 0.5) is 0 Å². The van der Waals surface area contributed by atoms with Gasteiger partial charge in [0.05, 0.1) is 30.7 Å². The maximum Gasteiger partial charge on any atom is 0.355 e. The lowest BCUT2D eigenvalue weighted by Crippen LogP contribution is -2.57. The number of aromatic nitrogens is 1. The van der Waals surface area contributed by atoms with Gasteiger partial charge in [-0.05, 0) is 61.6 Å². The van der Waals surface area contributed by atoms with Crippen LogP contribution in [0, 0.1) is 17.3 Å². The van der Waals surface area contributed by atoms with E-state index < -0.39 is 79.9 Å². The summed E-state index contributed by atoms with van der Waals surface area (Å²) >= 11 is 0. The van der Waals surface area contributed by atoms with Crippen molar-refractivity contribution >= 4 is 50.6 Å². The second kappa shape index (κ2) is 14.1. The molecule has 0 unspecified atom stereocenters. The van der Waals surface area contributed by atoms with Crippen molar-refractivity contribution in [3.05, 3.63) is 48.2 Å². The fourth-order valence-corrected chi connectivity index (χ4v) is 8.67.